The van der Waals surface area contributed by atoms with Crippen LogP contribution >= 0.6 is 0 Å². The van der Waals surface area contributed by atoms with E-state index in [0.29, 0.717) is 11.8 Å². The summed E-state index contributed by atoms with van der Waals surface area (Å²) in [6.07, 6.45) is 0. The molecule has 0 amide bonds. The van der Waals surface area contributed by atoms with Gasteiger partial charge in [-0.2, -0.15) is 0 Å². The first kappa shape index (κ1) is 20.6. The van der Waals surface area contributed by atoms with Crippen LogP contribution in [-0.2, 0) is 0 Å². The van der Waals surface area contributed by atoms with Crippen molar-refractivity contribution in [1.82, 2.24) is 0 Å². The maximum atomic E-state index is 13.7. The molecule has 0 bridgehead atoms. The predicted octanol–water partition coefficient (Wildman–Crippen LogP) is 8.09. The second-order valence-corrected chi connectivity index (χ2v) is 9.59. The normalized spacial score (nSPS) is 13.9. The zero-order chi connectivity index (χ0) is 21.9. The Morgan fingerprint density at radius 2 is 1.23 bits per heavy atom. The van der Waals surface area contributed by atoms with E-state index in [-0.39, 0.29) is 5.78 Å². The molecular weight excluding hydrogens is 364 g/mol. The van der Waals surface area contributed by atoms with Gasteiger partial charge >= 0.3 is 0 Å². The highest BCUT2D eigenvalue weighted by molar-refractivity contribution is 6.41. The van der Waals surface area contributed by atoms with Crippen LogP contribution in [0.3, 0.4) is 0 Å². The summed E-state index contributed by atoms with van der Waals surface area (Å²) in [6, 6.07) is 13.4. The lowest BCUT2D eigenvalue weighted by atomic mass is 9.93. The molecule has 3 aliphatic carbocycles. The number of rotatable bonds is 3. The van der Waals surface area contributed by atoms with Crippen molar-refractivity contribution >= 4 is 16.9 Å². The van der Waals surface area contributed by atoms with Crippen LogP contribution in [0.15, 0.2) is 36.4 Å². The number of fused-ring (bicyclic) bond motifs is 2. The van der Waals surface area contributed by atoms with Gasteiger partial charge in [0.05, 0.1) is 0 Å². The second-order valence-electron chi connectivity index (χ2n) is 9.59. The number of hydrogen-bond acceptors (Lipinski definition) is 1. The van der Waals surface area contributed by atoms with E-state index in [4.69, 9.17) is 0 Å². The van der Waals surface area contributed by atoms with Crippen molar-refractivity contribution in [2.75, 3.05) is 0 Å². The third-order valence-electron chi connectivity index (χ3n) is 6.75. The van der Waals surface area contributed by atoms with Crippen LogP contribution < -0.4 is 0 Å². The summed E-state index contributed by atoms with van der Waals surface area (Å²) in [5.41, 5.74) is 13.8. The van der Waals surface area contributed by atoms with Gasteiger partial charge in [-0.05, 0) is 95.2 Å². The van der Waals surface area contributed by atoms with Crippen molar-refractivity contribution in [2.45, 2.75) is 67.2 Å². The molecule has 0 heterocycles. The van der Waals surface area contributed by atoms with E-state index in [0.717, 1.165) is 33.4 Å². The number of hydrogen-bond donors (Lipinski definition) is 0. The van der Waals surface area contributed by atoms with Crippen molar-refractivity contribution in [2.24, 2.45) is 0 Å². The van der Waals surface area contributed by atoms with Crippen molar-refractivity contribution in [3.63, 3.8) is 0 Å². The molecule has 1 aromatic rings. The molecular formula is C29H32O. The van der Waals surface area contributed by atoms with Crippen LogP contribution in [0.4, 0.5) is 0 Å². The van der Waals surface area contributed by atoms with Crippen molar-refractivity contribution in [1.29, 1.82) is 0 Å². The highest BCUT2D eigenvalue weighted by Gasteiger charge is 2.33. The number of Topliss-reactive ketones (excluding diaryl/α,β-unsaturated/α-hetero) is 1. The van der Waals surface area contributed by atoms with Gasteiger partial charge in [0, 0.05) is 11.1 Å². The third-order valence-corrected chi connectivity index (χ3v) is 6.75. The smallest absolute Gasteiger partial charge is 0.194 e. The summed E-state index contributed by atoms with van der Waals surface area (Å²) in [5.74, 6) is 1.09. The van der Waals surface area contributed by atoms with E-state index in [9.17, 15) is 4.79 Å². The van der Waals surface area contributed by atoms with Gasteiger partial charge in [-0.15, -0.1) is 0 Å². The molecule has 1 heteroatoms. The fraction of sp³-hybridized carbons (Fsp3) is 0.345. The Morgan fingerprint density at radius 3 is 1.87 bits per heavy atom. The molecule has 0 atom stereocenters. The van der Waals surface area contributed by atoms with Crippen molar-refractivity contribution < 1.29 is 4.79 Å². The Balaban J connectivity index is 1.98. The van der Waals surface area contributed by atoms with Crippen molar-refractivity contribution in [3.8, 4) is 11.1 Å². The zero-order valence-corrected chi connectivity index (χ0v) is 19.5. The first-order valence-corrected chi connectivity index (χ1v) is 11.1. The summed E-state index contributed by atoms with van der Waals surface area (Å²) in [6.45, 7) is 17.4. The minimum Gasteiger partial charge on any atom is -0.289 e. The number of carbonyl (C=O) groups is 1. The number of aryl methyl sites for hydroxylation is 3. The average molecular weight is 397 g/mol. The molecule has 3 aliphatic rings. The molecule has 0 unspecified atom stereocenters. The van der Waals surface area contributed by atoms with Gasteiger partial charge in [-0.25, -0.2) is 0 Å². The Kier molecular flexibility index (Phi) is 4.97. The Hall–Kier alpha value is -2.67. The second kappa shape index (κ2) is 7.23. The highest BCUT2D eigenvalue weighted by atomic mass is 16.1. The molecule has 0 radical (unpaired) electrons. The van der Waals surface area contributed by atoms with E-state index < -0.39 is 0 Å². The van der Waals surface area contributed by atoms with Crippen LogP contribution in [-0.4, -0.2) is 5.78 Å². The summed E-state index contributed by atoms with van der Waals surface area (Å²) in [4.78, 5) is 13.7. The van der Waals surface area contributed by atoms with Crippen LogP contribution in [0.2, 0.25) is 0 Å². The quantitative estimate of drug-likeness (QED) is 0.437. The largest absolute Gasteiger partial charge is 0.289 e. The topological polar surface area (TPSA) is 17.1 Å². The molecule has 0 saturated carbocycles. The fourth-order valence-electron chi connectivity index (χ4n) is 4.89. The molecule has 0 spiro atoms. The van der Waals surface area contributed by atoms with Gasteiger partial charge in [-0.3, -0.25) is 4.79 Å². The Bertz CT molecular complexity index is 1190. The lowest BCUT2D eigenvalue weighted by Crippen LogP contribution is -2.02. The SMILES string of the molecule is CC1=C(c2cc(C)c3cc(C(C)C)ccc(C)c2-3)C(=O)c2c(C)cc(C(C)C)cc21. The van der Waals surface area contributed by atoms with Gasteiger partial charge < -0.3 is 0 Å². The molecule has 4 rings (SSSR count). The van der Waals surface area contributed by atoms with Crippen LogP contribution in [0.1, 0.15) is 95.8 Å². The molecule has 1 nitrogen and oxygen atoms in total. The standard InChI is InChI=1S/C29H32O/c1-15(2)21-10-9-17(5)26-23(13-21)18(6)12-25(26)28-20(8)24-14-22(16(3)4)11-19(7)27(24)29(28)30/h9-16H,1-8H3. The predicted molar refractivity (Wildman–Crippen MR) is 129 cm³/mol. The highest BCUT2D eigenvalue weighted by Crippen LogP contribution is 2.46. The van der Waals surface area contributed by atoms with Crippen LogP contribution in [0.5, 0.6) is 0 Å². The van der Waals surface area contributed by atoms with Gasteiger partial charge in [0.2, 0.25) is 0 Å². The van der Waals surface area contributed by atoms with Gasteiger partial charge in [0.1, 0.15) is 0 Å². The van der Waals surface area contributed by atoms with Crippen LogP contribution in [0.25, 0.3) is 22.3 Å². The molecule has 0 fully saturated rings. The third kappa shape index (κ3) is 3.03. The minimum absolute atomic E-state index is 0.178. The molecule has 0 saturated heterocycles. The van der Waals surface area contributed by atoms with Gasteiger partial charge in [0.25, 0.3) is 0 Å². The Labute approximate surface area is 181 Å². The number of benzene rings is 1. The van der Waals surface area contributed by atoms with Crippen molar-refractivity contribution in [3.05, 3.63) is 80.9 Å². The van der Waals surface area contributed by atoms with Gasteiger partial charge in [-0.1, -0.05) is 64.1 Å². The molecule has 30 heavy (non-hydrogen) atoms. The Morgan fingerprint density at radius 1 is 0.600 bits per heavy atom. The first-order chi connectivity index (χ1) is 14.1. The number of carbonyl (C=O) groups excluding carboxylic acids is 1. The van der Waals surface area contributed by atoms with E-state index in [1.54, 1.807) is 0 Å². The van der Waals surface area contributed by atoms with E-state index in [1.807, 2.05) is 0 Å². The molecule has 0 aliphatic heterocycles. The first-order valence-electron chi connectivity index (χ1n) is 11.1. The summed E-state index contributed by atoms with van der Waals surface area (Å²) >= 11 is 0. The minimum atomic E-state index is 0.178. The zero-order valence-electron chi connectivity index (χ0n) is 19.5. The lowest BCUT2D eigenvalue weighted by molar-refractivity contribution is 0.105. The lowest BCUT2D eigenvalue weighted by Gasteiger charge is -2.11. The summed E-state index contributed by atoms with van der Waals surface area (Å²) in [7, 11) is 0. The fourth-order valence-corrected chi connectivity index (χ4v) is 4.89. The average Bonchev–Trinajstić information content (AvgIpc) is 3.03. The van der Waals surface area contributed by atoms with Crippen LogP contribution in [0, 0.1) is 20.8 Å². The van der Waals surface area contributed by atoms with E-state index in [1.165, 1.54) is 33.4 Å². The van der Waals surface area contributed by atoms with E-state index >= 15 is 0 Å². The summed E-state index contributed by atoms with van der Waals surface area (Å²) in [5, 5.41) is 0. The number of ketones is 1. The molecule has 154 valence electrons. The molecule has 1 aromatic carbocycles. The monoisotopic (exact) mass is 396 g/mol. The molecule has 0 aromatic heterocycles. The maximum absolute atomic E-state index is 13.7. The summed E-state index contributed by atoms with van der Waals surface area (Å²) < 4.78 is 0. The molecule has 0 N–H and O–H groups in total. The van der Waals surface area contributed by atoms with E-state index in [2.05, 4.69) is 91.8 Å². The van der Waals surface area contributed by atoms with Gasteiger partial charge in [0.15, 0.2) is 5.78 Å². The maximum Gasteiger partial charge on any atom is 0.194 e. The number of allylic oxidation sites excluding steroid dienone is 2.